The molecule has 172 valence electrons. The topological polar surface area (TPSA) is 69.7 Å². The van der Waals surface area contributed by atoms with Crippen molar-refractivity contribution in [3.63, 3.8) is 0 Å². The predicted molar refractivity (Wildman–Crippen MR) is 113 cm³/mol. The molecule has 1 atom stereocenters. The van der Waals surface area contributed by atoms with Crippen molar-refractivity contribution in [2.45, 2.75) is 84.2 Å². The average molecular weight is 457 g/mol. The summed E-state index contributed by atoms with van der Waals surface area (Å²) in [5.74, 6) is -4.37. The lowest BCUT2D eigenvalue weighted by atomic mass is 9.77. The van der Waals surface area contributed by atoms with Gasteiger partial charge in [0, 0.05) is 41.4 Å². The van der Waals surface area contributed by atoms with Gasteiger partial charge in [0.1, 0.15) is 11.4 Å². The van der Waals surface area contributed by atoms with E-state index in [0.29, 0.717) is 23.3 Å². The van der Waals surface area contributed by atoms with E-state index in [9.17, 15) is 23.2 Å². The van der Waals surface area contributed by atoms with Crippen LogP contribution in [-0.2, 0) is 38.3 Å². The smallest absolute Gasteiger partial charge is 0.339 e. The minimum absolute atomic E-state index is 0.0245. The zero-order valence-corrected chi connectivity index (χ0v) is 19.3. The monoisotopic (exact) mass is 456 g/mol. The molecule has 1 heterocycles. The maximum atomic E-state index is 13.2. The molecule has 0 saturated heterocycles. The summed E-state index contributed by atoms with van der Waals surface area (Å²) in [4.78, 5) is 39.1. The van der Waals surface area contributed by atoms with E-state index in [1.165, 1.54) is 11.3 Å². The molecule has 1 aromatic rings. The van der Waals surface area contributed by atoms with Crippen LogP contribution in [0.3, 0.4) is 0 Å². The summed E-state index contributed by atoms with van der Waals surface area (Å²) in [5.41, 5.74) is 0.682. The lowest BCUT2D eigenvalue weighted by Crippen LogP contribution is -2.40. The second-order valence-corrected chi connectivity index (χ2v) is 10.7. The molecule has 1 saturated carbocycles. The van der Waals surface area contributed by atoms with Crippen molar-refractivity contribution in [3.05, 3.63) is 20.9 Å². The number of rotatable bonds is 7. The molecule has 0 amide bonds. The van der Waals surface area contributed by atoms with Crippen LogP contribution in [0.2, 0.25) is 0 Å². The van der Waals surface area contributed by atoms with Crippen molar-refractivity contribution in [1.82, 2.24) is 0 Å². The Morgan fingerprint density at radius 2 is 1.87 bits per heavy atom. The standard InChI is InChI=1S/C23H30F2O5S/c1-5-29-21(28)20-15-8-13(9-19(27)30-22(2,3)4)6-7-17(15)31-18(20)10-16(26)14-11-23(24,25)12-14/h13-14H,5-12H2,1-4H3/t13-/m0/s1. The van der Waals surface area contributed by atoms with E-state index in [4.69, 9.17) is 9.47 Å². The number of aryl methyl sites for hydroxylation is 1. The largest absolute Gasteiger partial charge is 0.462 e. The van der Waals surface area contributed by atoms with Crippen LogP contribution in [0, 0.1) is 11.8 Å². The van der Waals surface area contributed by atoms with E-state index in [2.05, 4.69) is 0 Å². The minimum Gasteiger partial charge on any atom is -0.462 e. The number of carbonyl (C=O) groups excluding carboxylic acids is 3. The molecule has 1 fully saturated rings. The van der Waals surface area contributed by atoms with Gasteiger partial charge in [-0.25, -0.2) is 13.6 Å². The van der Waals surface area contributed by atoms with Gasteiger partial charge in [-0.2, -0.15) is 0 Å². The van der Waals surface area contributed by atoms with E-state index in [0.717, 1.165) is 16.9 Å². The Morgan fingerprint density at radius 1 is 1.19 bits per heavy atom. The molecule has 0 aromatic carbocycles. The normalized spacial score (nSPS) is 20.5. The first-order valence-electron chi connectivity index (χ1n) is 10.8. The van der Waals surface area contributed by atoms with Crippen LogP contribution in [0.25, 0.3) is 0 Å². The van der Waals surface area contributed by atoms with Crippen LogP contribution < -0.4 is 0 Å². The molecule has 2 aliphatic carbocycles. The first-order valence-corrected chi connectivity index (χ1v) is 11.6. The fourth-order valence-corrected chi connectivity index (χ4v) is 5.61. The molecular weight excluding hydrogens is 426 g/mol. The third kappa shape index (κ3) is 5.90. The number of hydrogen-bond acceptors (Lipinski definition) is 6. The fraction of sp³-hybridized carbons (Fsp3) is 0.696. The van der Waals surface area contributed by atoms with Crippen molar-refractivity contribution < 1.29 is 32.6 Å². The van der Waals surface area contributed by atoms with Crippen LogP contribution in [0.1, 0.15) is 79.1 Å². The molecule has 0 aliphatic heterocycles. The summed E-state index contributed by atoms with van der Waals surface area (Å²) < 4.78 is 37.0. The molecule has 31 heavy (non-hydrogen) atoms. The van der Waals surface area contributed by atoms with Crippen molar-refractivity contribution >= 4 is 29.1 Å². The van der Waals surface area contributed by atoms with Gasteiger partial charge in [-0.15, -0.1) is 11.3 Å². The SMILES string of the molecule is CCOC(=O)c1c(CC(=O)C2CC(F)(F)C2)sc2c1C[C@@H](CC(=O)OC(C)(C)C)CC2. The lowest BCUT2D eigenvalue weighted by molar-refractivity contribution is -0.156. The molecule has 2 aliphatic rings. The number of ether oxygens (including phenoxy) is 2. The van der Waals surface area contributed by atoms with Crippen molar-refractivity contribution in [3.8, 4) is 0 Å². The number of hydrogen-bond donors (Lipinski definition) is 0. The van der Waals surface area contributed by atoms with Gasteiger partial charge in [0.2, 0.25) is 5.92 Å². The Morgan fingerprint density at radius 3 is 2.45 bits per heavy atom. The van der Waals surface area contributed by atoms with E-state index in [1.807, 2.05) is 20.8 Å². The van der Waals surface area contributed by atoms with Gasteiger partial charge in [0.05, 0.1) is 12.2 Å². The van der Waals surface area contributed by atoms with Crippen molar-refractivity contribution in [2.24, 2.45) is 11.8 Å². The van der Waals surface area contributed by atoms with Crippen LogP contribution in [0.15, 0.2) is 0 Å². The summed E-state index contributed by atoms with van der Waals surface area (Å²) in [6.07, 6.45) is 1.44. The number of thiophene rings is 1. The zero-order valence-electron chi connectivity index (χ0n) is 18.5. The van der Waals surface area contributed by atoms with Crippen molar-refractivity contribution in [2.75, 3.05) is 6.61 Å². The minimum atomic E-state index is -2.76. The molecule has 0 N–H and O–H groups in total. The highest BCUT2D eigenvalue weighted by molar-refractivity contribution is 7.12. The zero-order chi connectivity index (χ0) is 23.0. The molecule has 0 bridgehead atoms. The number of ketones is 1. The van der Waals surface area contributed by atoms with Crippen LogP contribution >= 0.6 is 11.3 Å². The number of esters is 2. The first kappa shape index (κ1) is 23.8. The van der Waals surface area contributed by atoms with Gasteiger partial charge in [-0.3, -0.25) is 9.59 Å². The summed E-state index contributed by atoms with van der Waals surface area (Å²) >= 11 is 1.40. The Bertz CT molecular complexity index is 860. The number of Topliss-reactive ketones (excluding diaryl/α,β-unsaturated/α-hetero) is 1. The quantitative estimate of drug-likeness (QED) is 0.545. The summed E-state index contributed by atoms with van der Waals surface area (Å²) in [5, 5.41) is 0. The number of alkyl halides is 2. The third-order valence-corrected chi connectivity index (χ3v) is 6.96. The Labute approximate surface area is 185 Å². The van der Waals surface area contributed by atoms with E-state index in [1.54, 1.807) is 6.92 Å². The second-order valence-electron chi connectivity index (χ2n) is 9.53. The van der Waals surface area contributed by atoms with Gasteiger partial charge in [0.15, 0.2) is 0 Å². The highest BCUT2D eigenvalue weighted by atomic mass is 32.1. The second kappa shape index (κ2) is 8.96. The maximum absolute atomic E-state index is 13.2. The molecule has 0 spiro atoms. The highest BCUT2D eigenvalue weighted by Gasteiger charge is 2.48. The summed E-state index contributed by atoms with van der Waals surface area (Å²) in [6.45, 7) is 7.38. The lowest BCUT2D eigenvalue weighted by Gasteiger charge is -2.33. The molecule has 5 nitrogen and oxygen atoms in total. The van der Waals surface area contributed by atoms with Crippen LogP contribution in [0.5, 0.6) is 0 Å². The van der Waals surface area contributed by atoms with Crippen LogP contribution in [0.4, 0.5) is 8.78 Å². The Kier molecular flexibility index (Phi) is 6.89. The van der Waals surface area contributed by atoms with Gasteiger partial charge in [-0.05, 0) is 58.4 Å². The fourth-order valence-electron chi connectivity index (χ4n) is 4.26. The molecule has 3 rings (SSSR count). The van der Waals surface area contributed by atoms with Gasteiger partial charge in [0.25, 0.3) is 0 Å². The van der Waals surface area contributed by atoms with Gasteiger partial charge in [-0.1, -0.05) is 0 Å². The molecule has 8 heteroatoms. The molecule has 0 radical (unpaired) electrons. The van der Waals surface area contributed by atoms with E-state index >= 15 is 0 Å². The Balaban J connectivity index is 1.77. The summed E-state index contributed by atoms with van der Waals surface area (Å²) in [6, 6.07) is 0. The molecular formula is C23H30F2O5S. The number of fused-ring (bicyclic) bond motifs is 1. The third-order valence-electron chi connectivity index (χ3n) is 5.67. The van der Waals surface area contributed by atoms with Gasteiger partial charge < -0.3 is 9.47 Å². The highest BCUT2D eigenvalue weighted by Crippen LogP contribution is 2.44. The summed E-state index contributed by atoms with van der Waals surface area (Å²) in [7, 11) is 0. The van der Waals surface area contributed by atoms with E-state index < -0.39 is 36.3 Å². The van der Waals surface area contributed by atoms with E-state index in [-0.39, 0.29) is 37.1 Å². The number of halogens is 2. The molecule has 1 aromatic heterocycles. The molecule has 0 unspecified atom stereocenters. The van der Waals surface area contributed by atoms with Crippen molar-refractivity contribution in [1.29, 1.82) is 0 Å². The maximum Gasteiger partial charge on any atom is 0.339 e. The first-order chi connectivity index (χ1) is 14.4. The van der Waals surface area contributed by atoms with Crippen LogP contribution in [-0.4, -0.2) is 35.9 Å². The average Bonchev–Trinajstić information content (AvgIpc) is 2.95. The predicted octanol–water partition coefficient (Wildman–Crippen LogP) is 4.92. The number of carbonyl (C=O) groups is 3. The van der Waals surface area contributed by atoms with Gasteiger partial charge >= 0.3 is 11.9 Å². The Hall–Kier alpha value is -1.83.